The van der Waals surface area contributed by atoms with Crippen molar-refractivity contribution in [1.82, 2.24) is 15.2 Å². The molecule has 6 nitrogen and oxygen atoms in total. The maximum atomic E-state index is 12.3. The molecule has 2 aliphatic rings. The van der Waals surface area contributed by atoms with Gasteiger partial charge in [-0.2, -0.15) is 0 Å². The van der Waals surface area contributed by atoms with Crippen molar-refractivity contribution in [2.45, 2.75) is 44.8 Å². The largest absolute Gasteiger partial charge is 0.481 e. The van der Waals surface area contributed by atoms with E-state index in [0.29, 0.717) is 13.0 Å². The van der Waals surface area contributed by atoms with Gasteiger partial charge in [-0.05, 0) is 26.2 Å². The lowest BCUT2D eigenvalue weighted by Crippen LogP contribution is -2.43. The predicted octanol–water partition coefficient (Wildman–Crippen LogP) is 1.60. The van der Waals surface area contributed by atoms with E-state index in [2.05, 4.69) is 10.3 Å². The highest BCUT2D eigenvalue weighted by atomic mass is 32.1. The standard InChI is InChI=1S/C13H17N3O3S/c1-7-14-5-9(20-7)6-15-13(19)16-8-2-3-11(16)10(4-8)12(17)18/h5,8,10-11H,2-4,6H2,1H3,(H,15,19)(H,17,18). The van der Waals surface area contributed by atoms with Crippen LogP contribution in [0.5, 0.6) is 0 Å². The first-order chi connectivity index (χ1) is 9.56. The van der Waals surface area contributed by atoms with E-state index in [1.807, 2.05) is 6.92 Å². The van der Waals surface area contributed by atoms with Crippen molar-refractivity contribution in [3.63, 3.8) is 0 Å². The van der Waals surface area contributed by atoms with Crippen LogP contribution in [0.15, 0.2) is 6.20 Å². The molecule has 1 aromatic rings. The third-order valence-electron chi connectivity index (χ3n) is 4.17. The molecule has 20 heavy (non-hydrogen) atoms. The molecule has 7 heteroatoms. The zero-order valence-corrected chi connectivity index (χ0v) is 12.0. The van der Waals surface area contributed by atoms with Gasteiger partial charge in [0.1, 0.15) is 0 Å². The van der Waals surface area contributed by atoms with Gasteiger partial charge in [0.05, 0.1) is 17.5 Å². The maximum Gasteiger partial charge on any atom is 0.318 e. The van der Waals surface area contributed by atoms with Gasteiger partial charge >= 0.3 is 12.0 Å². The summed E-state index contributed by atoms with van der Waals surface area (Å²) in [6, 6.07) is -0.197. The van der Waals surface area contributed by atoms with Crippen LogP contribution in [-0.4, -0.2) is 39.1 Å². The number of nitrogens with one attached hydrogen (secondary N) is 1. The minimum absolute atomic E-state index is 0.0873. The summed E-state index contributed by atoms with van der Waals surface area (Å²) in [4.78, 5) is 30.3. The summed E-state index contributed by atoms with van der Waals surface area (Å²) in [6.45, 7) is 2.38. The second-order valence-corrected chi connectivity index (χ2v) is 6.71. The quantitative estimate of drug-likeness (QED) is 0.887. The Hall–Kier alpha value is -1.63. The zero-order chi connectivity index (χ0) is 14.3. The number of carbonyl (C=O) groups is 2. The summed E-state index contributed by atoms with van der Waals surface area (Å²) < 4.78 is 0. The Morgan fingerprint density at radius 3 is 2.95 bits per heavy atom. The predicted molar refractivity (Wildman–Crippen MR) is 73.5 cm³/mol. The van der Waals surface area contributed by atoms with Crippen molar-refractivity contribution < 1.29 is 14.7 Å². The van der Waals surface area contributed by atoms with Crippen LogP contribution in [0.3, 0.4) is 0 Å². The highest BCUT2D eigenvalue weighted by Crippen LogP contribution is 2.41. The van der Waals surface area contributed by atoms with Crippen molar-refractivity contribution in [2.24, 2.45) is 5.92 Å². The number of aryl methyl sites for hydroxylation is 1. The van der Waals surface area contributed by atoms with Crippen molar-refractivity contribution in [3.8, 4) is 0 Å². The molecule has 0 saturated carbocycles. The van der Waals surface area contributed by atoms with Gasteiger partial charge in [-0.3, -0.25) is 4.79 Å². The fraction of sp³-hybridized carbons (Fsp3) is 0.615. The van der Waals surface area contributed by atoms with Gasteiger partial charge < -0.3 is 15.3 Å². The number of hydrogen-bond donors (Lipinski definition) is 2. The van der Waals surface area contributed by atoms with Crippen molar-refractivity contribution in [2.75, 3.05) is 0 Å². The number of urea groups is 1. The van der Waals surface area contributed by atoms with Crippen LogP contribution >= 0.6 is 11.3 Å². The fourth-order valence-electron chi connectivity index (χ4n) is 3.31. The number of aliphatic carboxylic acids is 1. The van der Waals surface area contributed by atoms with Gasteiger partial charge in [0.15, 0.2) is 0 Å². The summed E-state index contributed by atoms with van der Waals surface area (Å²) >= 11 is 1.56. The highest BCUT2D eigenvalue weighted by Gasteiger charge is 2.51. The van der Waals surface area contributed by atoms with E-state index in [1.54, 1.807) is 22.4 Å². The molecule has 3 heterocycles. The van der Waals surface area contributed by atoms with Crippen molar-refractivity contribution in [1.29, 1.82) is 0 Å². The van der Waals surface area contributed by atoms with Crippen LogP contribution in [-0.2, 0) is 11.3 Å². The minimum Gasteiger partial charge on any atom is -0.481 e. The normalized spacial score (nSPS) is 27.9. The Kier molecular flexibility index (Phi) is 3.37. The number of nitrogens with zero attached hydrogens (tertiary/aromatic N) is 2. The van der Waals surface area contributed by atoms with E-state index in [-0.39, 0.29) is 18.1 Å². The van der Waals surface area contributed by atoms with Crippen LogP contribution < -0.4 is 5.32 Å². The number of thiazole rings is 1. The molecule has 2 aliphatic heterocycles. The monoisotopic (exact) mass is 295 g/mol. The van der Waals surface area contributed by atoms with Gasteiger partial charge in [0.25, 0.3) is 0 Å². The van der Waals surface area contributed by atoms with E-state index >= 15 is 0 Å². The Bertz CT molecular complexity index is 545. The van der Waals surface area contributed by atoms with Crippen molar-refractivity contribution >= 4 is 23.3 Å². The number of carbonyl (C=O) groups excluding carboxylic acids is 1. The number of fused-ring (bicyclic) bond motifs is 2. The second-order valence-electron chi connectivity index (χ2n) is 5.39. The summed E-state index contributed by atoms with van der Waals surface area (Å²) in [7, 11) is 0. The van der Waals surface area contributed by atoms with E-state index in [9.17, 15) is 14.7 Å². The Labute approximate surface area is 120 Å². The Morgan fingerprint density at radius 1 is 1.55 bits per heavy atom. The minimum atomic E-state index is -0.784. The van der Waals surface area contributed by atoms with Gasteiger partial charge in [0, 0.05) is 23.2 Å². The number of carboxylic acids is 1. The molecule has 0 aliphatic carbocycles. The molecule has 2 bridgehead atoms. The first-order valence-electron chi connectivity index (χ1n) is 6.76. The molecule has 2 amide bonds. The molecule has 3 atom stereocenters. The summed E-state index contributed by atoms with van der Waals surface area (Å²) in [6.07, 6.45) is 4.07. The molecule has 0 spiro atoms. The van der Waals surface area contributed by atoms with Crippen LogP contribution in [0.2, 0.25) is 0 Å². The molecule has 0 radical (unpaired) electrons. The summed E-state index contributed by atoms with van der Waals surface area (Å²) in [5.41, 5.74) is 0. The molecular formula is C13H17N3O3S. The molecule has 3 unspecified atom stereocenters. The average Bonchev–Trinajstić information content (AvgIpc) is 3.09. The first-order valence-corrected chi connectivity index (χ1v) is 7.58. The van der Waals surface area contributed by atoms with Crippen LogP contribution in [0.4, 0.5) is 4.79 Å². The molecule has 2 saturated heterocycles. The highest BCUT2D eigenvalue weighted by molar-refractivity contribution is 7.11. The first kappa shape index (κ1) is 13.4. The van der Waals surface area contributed by atoms with Crippen LogP contribution in [0, 0.1) is 12.8 Å². The summed E-state index contributed by atoms with van der Waals surface area (Å²) in [5, 5.41) is 13.0. The molecule has 108 valence electrons. The van der Waals surface area contributed by atoms with Gasteiger partial charge in [0.2, 0.25) is 0 Å². The molecule has 2 fully saturated rings. The molecule has 2 N–H and O–H groups in total. The van der Waals surface area contributed by atoms with E-state index in [1.165, 1.54) is 0 Å². The lowest BCUT2D eigenvalue weighted by Gasteiger charge is -2.23. The summed E-state index contributed by atoms with van der Waals surface area (Å²) in [5.74, 6) is -1.18. The number of rotatable bonds is 3. The molecule has 0 aromatic carbocycles. The number of aromatic nitrogens is 1. The lowest BCUT2D eigenvalue weighted by molar-refractivity contribution is -0.142. The Morgan fingerprint density at radius 2 is 2.35 bits per heavy atom. The SMILES string of the molecule is Cc1ncc(CNC(=O)N2C3CCC2C(C(=O)O)C3)s1. The van der Waals surface area contributed by atoms with Gasteiger partial charge in [-0.25, -0.2) is 9.78 Å². The number of hydrogen-bond acceptors (Lipinski definition) is 4. The topological polar surface area (TPSA) is 82.5 Å². The number of amides is 2. The lowest BCUT2D eigenvalue weighted by atomic mass is 9.89. The van der Waals surface area contributed by atoms with Gasteiger partial charge in [-0.15, -0.1) is 11.3 Å². The van der Waals surface area contributed by atoms with Gasteiger partial charge in [-0.1, -0.05) is 0 Å². The average molecular weight is 295 g/mol. The molecule has 1 aromatic heterocycles. The van der Waals surface area contributed by atoms with E-state index in [0.717, 1.165) is 22.7 Å². The molecular weight excluding hydrogens is 278 g/mol. The molecule has 3 rings (SSSR count). The number of carboxylic acid groups (broad SMARTS) is 1. The smallest absolute Gasteiger partial charge is 0.318 e. The third-order valence-corrected chi connectivity index (χ3v) is 5.08. The zero-order valence-electron chi connectivity index (χ0n) is 11.2. The second kappa shape index (κ2) is 5.05. The van der Waals surface area contributed by atoms with Crippen molar-refractivity contribution in [3.05, 3.63) is 16.1 Å². The fourth-order valence-corrected chi connectivity index (χ4v) is 4.05. The Balaban J connectivity index is 1.62. The van der Waals surface area contributed by atoms with Crippen LogP contribution in [0.25, 0.3) is 0 Å². The third kappa shape index (κ3) is 2.26. The maximum absolute atomic E-state index is 12.3. The van der Waals surface area contributed by atoms with E-state index < -0.39 is 11.9 Å². The van der Waals surface area contributed by atoms with Crippen LogP contribution in [0.1, 0.15) is 29.1 Å². The van der Waals surface area contributed by atoms with E-state index in [4.69, 9.17) is 0 Å².